The number of amides is 1. The first kappa shape index (κ1) is 19.6. The lowest BCUT2D eigenvalue weighted by atomic mass is 9.72. The Hall–Kier alpha value is -1.40. The molecule has 0 saturated carbocycles. The molecule has 0 radical (unpaired) electrons. The van der Waals surface area contributed by atoms with Gasteiger partial charge in [0.05, 0.1) is 11.6 Å². The normalized spacial score (nSPS) is 28.5. The van der Waals surface area contributed by atoms with Gasteiger partial charge >= 0.3 is 5.97 Å². The van der Waals surface area contributed by atoms with Crippen LogP contribution in [-0.2, 0) is 14.3 Å². The van der Waals surface area contributed by atoms with E-state index in [4.69, 9.17) is 4.74 Å². The maximum atomic E-state index is 12.0. The Bertz CT molecular complexity index is 466. The number of carbonyl (C=O) groups is 2. The van der Waals surface area contributed by atoms with E-state index in [9.17, 15) is 14.7 Å². The van der Waals surface area contributed by atoms with Crippen LogP contribution in [0.4, 0.5) is 0 Å². The first-order valence-electron chi connectivity index (χ1n) is 8.22. The van der Waals surface area contributed by atoms with Crippen LogP contribution in [0.25, 0.3) is 0 Å². The summed E-state index contributed by atoms with van der Waals surface area (Å²) >= 11 is 0. The fourth-order valence-electron chi connectivity index (χ4n) is 3.75. The lowest BCUT2D eigenvalue weighted by Crippen LogP contribution is -2.63. The van der Waals surface area contributed by atoms with E-state index in [2.05, 4.69) is 10.6 Å². The number of nitrogens with one attached hydrogen (secondary N) is 2. The number of hydrogen-bond acceptors (Lipinski definition) is 4. The van der Waals surface area contributed by atoms with Crippen molar-refractivity contribution in [3.05, 3.63) is 12.2 Å². The molecule has 0 bridgehead atoms. The Morgan fingerprint density at radius 2 is 2.22 bits per heavy atom. The molecular formula is C17H30N2O4. The third-order valence-corrected chi connectivity index (χ3v) is 4.87. The summed E-state index contributed by atoms with van der Waals surface area (Å²) in [6.07, 6.45) is 5.70. The third kappa shape index (κ3) is 3.93. The largest absolute Gasteiger partial charge is 0.480 e. The molecule has 0 aromatic heterocycles. The topological polar surface area (TPSA) is 87.7 Å². The van der Waals surface area contributed by atoms with Gasteiger partial charge in [0.1, 0.15) is 5.54 Å². The van der Waals surface area contributed by atoms with Crippen molar-refractivity contribution in [3.63, 3.8) is 0 Å². The Morgan fingerprint density at radius 3 is 2.65 bits per heavy atom. The number of rotatable bonds is 8. The molecule has 23 heavy (non-hydrogen) atoms. The Morgan fingerprint density at radius 1 is 1.57 bits per heavy atom. The van der Waals surface area contributed by atoms with Gasteiger partial charge in [-0.25, -0.2) is 4.79 Å². The Labute approximate surface area is 138 Å². The van der Waals surface area contributed by atoms with Gasteiger partial charge in [0, 0.05) is 20.0 Å². The van der Waals surface area contributed by atoms with E-state index in [1.165, 1.54) is 6.92 Å². The number of allylic oxidation sites excluding steroid dienone is 1. The standard InChI is InChI=1S/C17H30N2O4/c1-6-9-16(4,23-5)14(19-12(3)20)13-8-11-18-17(13,10-7-2)15(21)22/h7,10,13-14,18H,6,8-9,11H2,1-5H3,(H,19,20)(H,21,22)/t13-,14-,16+,17+/m1/s1. The number of ether oxygens (including phenoxy) is 1. The summed E-state index contributed by atoms with van der Waals surface area (Å²) in [6.45, 7) is 7.83. The maximum Gasteiger partial charge on any atom is 0.328 e. The molecule has 1 saturated heterocycles. The highest BCUT2D eigenvalue weighted by Crippen LogP contribution is 2.38. The van der Waals surface area contributed by atoms with Gasteiger partial charge in [-0.05, 0) is 33.2 Å². The molecule has 1 fully saturated rings. The molecular weight excluding hydrogens is 296 g/mol. The van der Waals surface area contributed by atoms with E-state index >= 15 is 0 Å². The van der Waals surface area contributed by atoms with Gasteiger partial charge in [0.25, 0.3) is 0 Å². The third-order valence-electron chi connectivity index (χ3n) is 4.87. The second-order valence-corrected chi connectivity index (χ2v) is 6.44. The minimum atomic E-state index is -1.19. The summed E-state index contributed by atoms with van der Waals surface area (Å²) in [6, 6.07) is -0.396. The predicted octanol–water partition coefficient (Wildman–Crippen LogP) is 1.71. The number of aliphatic carboxylic acids is 1. The van der Waals surface area contributed by atoms with Gasteiger partial charge in [-0.3, -0.25) is 10.1 Å². The van der Waals surface area contributed by atoms with Crippen LogP contribution < -0.4 is 10.6 Å². The van der Waals surface area contributed by atoms with Crippen LogP contribution in [0.5, 0.6) is 0 Å². The highest BCUT2D eigenvalue weighted by Gasteiger charge is 2.55. The number of carboxylic acids is 1. The van der Waals surface area contributed by atoms with E-state index in [1.807, 2.05) is 13.8 Å². The number of methoxy groups -OCH3 is 1. The van der Waals surface area contributed by atoms with Gasteiger partial charge in [0.2, 0.25) is 5.91 Å². The highest BCUT2D eigenvalue weighted by molar-refractivity contribution is 5.83. The summed E-state index contributed by atoms with van der Waals surface area (Å²) < 4.78 is 5.75. The minimum absolute atomic E-state index is 0.180. The van der Waals surface area contributed by atoms with Crippen LogP contribution in [0.2, 0.25) is 0 Å². The molecule has 132 valence electrons. The van der Waals surface area contributed by atoms with Crippen LogP contribution >= 0.6 is 0 Å². The zero-order chi connectivity index (χ0) is 17.7. The van der Waals surface area contributed by atoms with Crippen molar-refractivity contribution in [1.29, 1.82) is 0 Å². The minimum Gasteiger partial charge on any atom is -0.480 e. The van der Waals surface area contributed by atoms with E-state index in [0.717, 1.165) is 12.8 Å². The molecule has 3 N–H and O–H groups in total. The number of carboxylic acid groups (broad SMARTS) is 1. The molecule has 0 unspecified atom stereocenters. The number of carbonyl (C=O) groups excluding carboxylic acids is 1. The van der Waals surface area contributed by atoms with Gasteiger partial charge in [-0.15, -0.1) is 0 Å². The first-order valence-corrected chi connectivity index (χ1v) is 8.22. The summed E-state index contributed by atoms with van der Waals surface area (Å²) in [5.74, 6) is -1.40. The van der Waals surface area contributed by atoms with Crippen LogP contribution in [0, 0.1) is 5.92 Å². The number of hydrogen-bond donors (Lipinski definition) is 3. The molecule has 6 heteroatoms. The lowest BCUT2D eigenvalue weighted by molar-refractivity contribution is -0.146. The summed E-state index contributed by atoms with van der Waals surface area (Å²) in [5.41, 5.74) is -1.81. The van der Waals surface area contributed by atoms with Crippen molar-refractivity contribution in [3.8, 4) is 0 Å². The van der Waals surface area contributed by atoms with Crippen LogP contribution in [-0.4, -0.2) is 47.8 Å². The molecule has 6 nitrogen and oxygen atoms in total. The average molecular weight is 326 g/mol. The summed E-state index contributed by atoms with van der Waals surface area (Å²) in [4.78, 5) is 23.8. The monoisotopic (exact) mass is 326 g/mol. The SMILES string of the molecule is CC=C[C@]1(C(=O)O)NCC[C@@H]1[C@@H](NC(C)=O)[C@](C)(CCC)OC. The quantitative estimate of drug-likeness (QED) is 0.591. The Balaban J connectivity index is 3.34. The zero-order valence-corrected chi connectivity index (χ0v) is 14.8. The van der Waals surface area contributed by atoms with E-state index in [-0.39, 0.29) is 11.8 Å². The van der Waals surface area contributed by atoms with Gasteiger partial charge in [-0.2, -0.15) is 0 Å². The Kier molecular flexibility index (Phi) is 6.77. The highest BCUT2D eigenvalue weighted by atomic mass is 16.5. The molecule has 0 aromatic carbocycles. The second-order valence-electron chi connectivity index (χ2n) is 6.44. The molecule has 1 amide bonds. The smallest absolute Gasteiger partial charge is 0.328 e. The lowest BCUT2D eigenvalue weighted by Gasteiger charge is -2.44. The average Bonchev–Trinajstić information content (AvgIpc) is 2.89. The molecule has 0 aromatic rings. The van der Waals surface area contributed by atoms with Crippen molar-refractivity contribution in [2.45, 2.75) is 64.1 Å². The maximum absolute atomic E-state index is 12.0. The van der Waals surface area contributed by atoms with Crippen molar-refractivity contribution >= 4 is 11.9 Å². The molecule has 1 aliphatic rings. The van der Waals surface area contributed by atoms with Gasteiger partial charge in [-0.1, -0.05) is 25.5 Å². The molecule has 1 aliphatic heterocycles. The molecule has 0 aliphatic carbocycles. The van der Waals surface area contributed by atoms with E-state index in [0.29, 0.717) is 13.0 Å². The van der Waals surface area contributed by atoms with Gasteiger partial charge in [0.15, 0.2) is 0 Å². The van der Waals surface area contributed by atoms with Crippen molar-refractivity contribution < 1.29 is 19.4 Å². The van der Waals surface area contributed by atoms with Crippen molar-refractivity contribution in [1.82, 2.24) is 10.6 Å². The van der Waals surface area contributed by atoms with E-state index in [1.54, 1.807) is 26.2 Å². The van der Waals surface area contributed by atoms with Crippen LogP contribution in [0.1, 0.15) is 47.0 Å². The van der Waals surface area contributed by atoms with Crippen molar-refractivity contribution in [2.24, 2.45) is 5.92 Å². The van der Waals surface area contributed by atoms with E-state index < -0.39 is 23.2 Å². The van der Waals surface area contributed by atoms with Crippen molar-refractivity contribution in [2.75, 3.05) is 13.7 Å². The van der Waals surface area contributed by atoms with Gasteiger partial charge < -0.3 is 15.2 Å². The molecule has 1 rings (SSSR count). The zero-order valence-electron chi connectivity index (χ0n) is 14.8. The summed E-state index contributed by atoms with van der Waals surface area (Å²) in [7, 11) is 1.62. The first-order chi connectivity index (χ1) is 10.8. The molecule has 0 spiro atoms. The second kappa shape index (κ2) is 7.93. The van der Waals surface area contributed by atoms with Crippen LogP contribution in [0.15, 0.2) is 12.2 Å². The fraction of sp³-hybridized carbons (Fsp3) is 0.765. The van der Waals surface area contributed by atoms with Crippen LogP contribution in [0.3, 0.4) is 0 Å². The fourth-order valence-corrected chi connectivity index (χ4v) is 3.75. The molecule has 4 atom stereocenters. The summed E-state index contributed by atoms with van der Waals surface area (Å²) in [5, 5.41) is 15.9. The predicted molar refractivity (Wildman–Crippen MR) is 89.2 cm³/mol. The molecule has 1 heterocycles.